The summed E-state index contributed by atoms with van der Waals surface area (Å²) in [6.07, 6.45) is 0. The SMILES string of the molecule is Cc1nc(NN)cc(Oc2cccc(Cl)c2)n1. The molecule has 0 fully saturated rings. The first kappa shape index (κ1) is 11.6. The molecular formula is C11H11ClN4O. The van der Waals surface area contributed by atoms with Gasteiger partial charge in [-0.1, -0.05) is 17.7 Å². The molecule has 88 valence electrons. The van der Waals surface area contributed by atoms with Crippen molar-refractivity contribution < 1.29 is 4.74 Å². The van der Waals surface area contributed by atoms with Crippen LogP contribution in [0.2, 0.25) is 5.02 Å². The molecule has 2 rings (SSSR count). The third kappa shape index (κ3) is 3.05. The minimum atomic E-state index is 0.410. The molecule has 0 aliphatic carbocycles. The van der Waals surface area contributed by atoms with Crippen LogP contribution in [0.1, 0.15) is 5.82 Å². The van der Waals surface area contributed by atoms with Gasteiger partial charge in [0.1, 0.15) is 17.4 Å². The monoisotopic (exact) mass is 250 g/mol. The maximum atomic E-state index is 5.86. The highest BCUT2D eigenvalue weighted by atomic mass is 35.5. The van der Waals surface area contributed by atoms with Crippen molar-refractivity contribution in [2.24, 2.45) is 5.84 Å². The van der Waals surface area contributed by atoms with Gasteiger partial charge < -0.3 is 10.2 Å². The standard InChI is InChI=1S/C11H11ClN4O/c1-7-14-10(16-13)6-11(15-7)17-9-4-2-3-8(12)5-9/h2-6H,13H2,1H3,(H,14,15,16). The second-order valence-corrected chi connectivity index (χ2v) is 3.78. The average molecular weight is 251 g/mol. The highest BCUT2D eigenvalue weighted by Gasteiger charge is 2.03. The van der Waals surface area contributed by atoms with E-state index in [-0.39, 0.29) is 0 Å². The van der Waals surface area contributed by atoms with Crippen LogP contribution in [0.15, 0.2) is 30.3 Å². The van der Waals surface area contributed by atoms with Gasteiger partial charge in [-0.15, -0.1) is 0 Å². The average Bonchev–Trinajstić information content (AvgIpc) is 2.28. The van der Waals surface area contributed by atoms with Crippen molar-refractivity contribution in [3.8, 4) is 11.6 Å². The van der Waals surface area contributed by atoms with E-state index in [1.165, 1.54) is 0 Å². The van der Waals surface area contributed by atoms with E-state index in [0.717, 1.165) is 0 Å². The number of hydrogen-bond acceptors (Lipinski definition) is 5. The Morgan fingerprint density at radius 2 is 2.12 bits per heavy atom. The molecule has 0 amide bonds. The summed E-state index contributed by atoms with van der Waals surface area (Å²) in [6, 6.07) is 8.67. The highest BCUT2D eigenvalue weighted by Crippen LogP contribution is 2.23. The second-order valence-electron chi connectivity index (χ2n) is 3.34. The Morgan fingerprint density at radius 3 is 2.82 bits per heavy atom. The molecule has 0 atom stereocenters. The van der Waals surface area contributed by atoms with Crippen molar-refractivity contribution in [1.82, 2.24) is 9.97 Å². The van der Waals surface area contributed by atoms with Crippen molar-refractivity contribution >= 4 is 17.4 Å². The third-order valence-corrected chi connectivity index (χ3v) is 2.22. The Bertz CT molecular complexity index is 533. The summed E-state index contributed by atoms with van der Waals surface area (Å²) in [6.45, 7) is 1.76. The van der Waals surface area contributed by atoms with Gasteiger partial charge in [0.2, 0.25) is 5.88 Å². The van der Waals surface area contributed by atoms with Gasteiger partial charge in [-0.3, -0.25) is 0 Å². The minimum Gasteiger partial charge on any atom is -0.439 e. The Hall–Kier alpha value is -1.85. The van der Waals surface area contributed by atoms with Crippen LogP contribution < -0.4 is 16.0 Å². The van der Waals surface area contributed by atoms with E-state index in [2.05, 4.69) is 15.4 Å². The highest BCUT2D eigenvalue weighted by molar-refractivity contribution is 6.30. The number of ether oxygens (including phenoxy) is 1. The van der Waals surface area contributed by atoms with Crippen LogP contribution in [0, 0.1) is 6.92 Å². The lowest BCUT2D eigenvalue weighted by molar-refractivity contribution is 0.460. The summed E-state index contributed by atoms with van der Waals surface area (Å²) in [5.41, 5.74) is 2.45. The molecule has 2 aromatic rings. The largest absolute Gasteiger partial charge is 0.439 e. The van der Waals surface area contributed by atoms with E-state index >= 15 is 0 Å². The number of nitrogens with zero attached hydrogens (tertiary/aromatic N) is 2. The number of hydrogen-bond donors (Lipinski definition) is 2. The van der Waals surface area contributed by atoms with Crippen LogP contribution in [-0.4, -0.2) is 9.97 Å². The van der Waals surface area contributed by atoms with Gasteiger partial charge in [-0.2, -0.15) is 4.98 Å². The third-order valence-electron chi connectivity index (χ3n) is 1.98. The Morgan fingerprint density at radius 1 is 1.29 bits per heavy atom. The molecule has 1 aromatic heterocycles. The summed E-state index contributed by atoms with van der Waals surface area (Å²) >= 11 is 5.86. The minimum absolute atomic E-state index is 0.410. The number of hydrazine groups is 1. The molecule has 0 spiro atoms. The number of rotatable bonds is 3. The fraction of sp³-hybridized carbons (Fsp3) is 0.0909. The number of nitrogens with two attached hydrogens (primary N) is 1. The molecule has 0 unspecified atom stereocenters. The molecule has 0 saturated carbocycles. The van der Waals surface area contributed by atoms with Gasteiger partial charge >= 0.3 is 0 Å². The predicted molar refractivity (Wildman–Crippen MR) is 66.1 cm³/mol. The first-order valence-electron chi connectivity index (χ1n) is 4.93. The maximum absolute atomic E-state index is 5.86. The van der Waals surface area contributed by atoms with Gasteiger partial charge in [-0.25, -0.2) is 10.8 Å². The normalized spacial score (nSPS) is 10.1. The van der Waals surface area contributed by atoms with Crippen LogP contribution >= 0.6 is 11.6 Å². The van der Waals surface area contributed by atoms with Gasteiger partial charge in [0, 0.05) is 11.1 Å². The molecule has 0 bridgehead atoms. The molecule has 0 aliphatic heterocycles. The van der Waals surface area contributed by atoms with Crippen molar-refractivity contribution in [2.75, 3.05) is 5.43 Å². The predicted octanol–water partition coefficient (Wildman–Crippen LogP) is 2.52. The maximum Gasteiger partial charge on any atom is 0.224 e. The first-order chi connectivity index (χ1) is 8.17. The van der Waals surface area contributed by atoms with Crippen molar-refractivity contribution in [2.45, 2.75) is 6.92 Å². The number of halogens is 1. The quantitative estimate of drug-likeness (QED) is 0.647. The lowest BCUT2D eigenvalue weighted by Gasteiger charge is -2.07. The summed E-state index contributed by atoms with van der Waals surface area (Å²) in [5.74, 6) is 7.37. The molecule has 3 N–H and O–H groups in total. The number of anilines is 1. The van der Waals surface area contributed by atoms with Crippen molar-refractivity contribution in [3.05, 3.63) is 41.2 Å². The summed E-state index contributed by atoms with van der Waals surface area (Å²) in [5, 5.41) is 0.602. The topological polar surface area (TPSA) is 73.1 Å². The lowest BCUT2D eigenvalue weighted by atomic mass is 10.3. The molecule has 17 heavy (non-hydrogen) atoms. The van der Waals surface area contributed by atoms with Crippen LogP contribution in [-0.2, 0) is 0 Å². The number of aryl methyl sites for hydroxylation is 1. The smallest absolute Gasteiger partial charge is 0.224 e. The van der Waals surface area contributed by atoms with Crippen molar-refractivity contribution in [3.63, 3.8) is 0 Å². The number of aromatic nitrogens is 2. The molecule has 6 heteroatoms. The van der Waals surface area contributed by atoms with E-state index in [1.54, 1.807) is 37.3 Å². The van der Waals surface area contributed by atoms with Crippen LogP contribution in [0.25, 0.3) is 0 Å². The Kier molecular flexibility index (Phi) is 3.41. The zero-order chi connectivity index (χ0) is 12.3. The Balaban J connectivity index is 2.26. The second kappa shape index (κ2) is 4.99. The number of nitrogens with one attached hydrogen (secondary N) is 1. The summed E-state index contributed by atoms with van der Waals surface area (Å²) < 4.78 is 5.55. The van der Waals surface area contributed by atoms with Gasteiger partial charge in [0.25, 0.3) is 0 Å². The molecule has 0 saturated heterocycles. The zero-order valence-corrected chi connectivity index (χ0v) is 9.90. The molecule has 5 nitrogen and oxygen atoms in total. The van der Waals surface area contributed by atoms with Crippen LogP contribution in [0.3, 0.4) is 0 Å². The molecule has 0 aliphatic rings. The molecule has 0 radical (unpaired) electrons. The molecule has 1 aromatic carbocycles. The van der Waals surface area contributed by atoms with Crippen molar-refractivity contribution in [1.29, 1.82) is 0 Å². The lowest BCUT2D eigenvalue weighted by Crippen LogP contribution is -2.09. The Labute approximate surface area is 104 Å². The van der Waals surface area contributed by atoms with Gasteiger partial charge in [0.05, 0.1) is 0 Å². The summed E-state index contributed by atoms with van der Waals surface area (Å²) in [7, 11) is 0. The number of nitrogen functional groups attached to an aromatic ring is 1. The van der Waals surface area contributed by atoms with Gasteiger partial charge in [0.15, 0.2) is 0 Å². The van der Waals surface area contributed by atoms with Gasteiger partial charge in [-0.05, 0) is 25.1 Å². The first-order valence-corrected chi connectivity index (χ1v) is 5.31. The van der Waals surface area contributed by atoms with Crippen LogP contribution in [0.5, 0.6) is 11.6 Å². The van der Waals surface area contributed by atoms with Crippen LogP contribution in [0.4, 0.5) is 5.82 Å². The number of benzene rings is 1. The molecule has 1 heterocycles. The molecular weight excluding hydrogens is 240 g/mol. The van der Waals surface area contributed by atoms with E-state index < -0.39 is 0 Å². The zero-order valence-electron chi connectivity index (χ0n) is 9.14. The fourth-order valence-corrected chi connectivity index (χ4v) is 1.50. The van der Waals surface area contributed by atoms with E-state index in [1.807, 2.05) is 0 Å². The fourth-order valence-electron chi connectivity index (χ4n) is 1.32. The summed E-state index contributed by atoms with van der Waals surface area (Å²) in [4.78, 5) is 8.19. The van der Waals surface area contributed by atoms with E-state index in [9.17, 15) is 0 Å². The van der Waals surface area contributed by atoms with E-state index in [4.69, 9.17) is 22.2 Å². The van der Waals surface area contributed by atoms with E-state index in [0.29, 0.717) is 28.3 Å².